The molecule has 0 saturated heterocycles. The lowest BCUT2D eigenvalue weighted by molar-refractivity contribution is 0.597. The Balaban J connectivity index is 2.12. The van der Waals surface area contributed by atoms with Crippen molar-refractivity contribution in [1.29, 1.82) is 0 Å². The standard InChI is InChI=1S/C18H24N4O2S/c1-3-20-18(22-14(2)16-9-5-4-6-10-16)21-13-15-8-7-11-17(12-15)25(19,23)24/h4-12,14H,3,13H2,1-2H3,(H2,19,23,24)(H2,20,21,22). The van der Waals surface area contributed by atoms with Crippen LogP contribution in [0.4, 0.5) is 0 Å². The van der Waals surface area contributed by atoms with Gasteiger partial charge in [0, 0.05) is 6.54 Å². The Bertz CT molecular complexity index is 820. The molecular weight excluding hydrogens is 336 g/mol. The predicted octanol–water partition coefficient (Wildman–Crippen LogP) is 2.15. The highest BCUT2D eigenvalue weighted by Gasteiger charge is 2.09. The molecule has 2 aromatic carbocycles. The molecule has 134 valence electrons. The van der Waals surface area contributed by atoms with Crippen molar-refractivity contribution >= 4 is 16.0 Å². The van der Waals surface area contributed by atoms with Crippen LogP contribution in [-0.4, -0.2) is 20.9 Å². The van der Waals surface area contributed by atoms with Crippen LogP contribution in [0.25, 0.3) is 0 Å². The first-order valence-corrected chi connectivity index (χ1v) is 9.66. The fraction of sp³-hybridized carbons (Fsp3) is 0.278. The highest BCUT2D eigenvalue weighted by molar-refractivity contribution is 7.89. The summed E-state index contributed by atoms with van der Waals surface area (Å²) in [5, 5.41) is 11.7. The molecule has 0 heterocycles. The van der Waals surface area contributed by atoms with E-state index < -0.39 is 10.0 Å². The smallest absolute Gasteiger partial charge is 0.238 e. The first-order chi connectivity index (χ1) is 11.9. The summed E-state index contributed by atoms with van der Waals surface area (Å²) in [5.74, 6) is 0.667. The number of nitrogens with two attached hydrogens (primary N) is 1. The number of nitrogens with one attached hydrogen (secondary N) is 2. The Hall–Kier alpha value is -2.38. The van der Waals surface area contributed by atoms with Gasteiger partial charge in [0.15, 0.2) is 5.96 Å². The third kappa shape index (κ3) is 5.88. The highest BCUT2D eigenvalue weighted by Crippen LogP contribution is 2.12. The normalized spacial score (nSPS) is 13.3. The predicted molar refractivity (Wildman–Crippen MR) is 101 cm³/mol. The molecular formula is C18H24N4O2S. The number of hydrogen-bond donors (Lipinski definition) is 3. The lowest BCUT2D eigenvalue weighted by Gasteiger charge is -2.18. The number of hydrogen-bond acceptors (Lipinski definition) is 3. The molecule has 0 amide bonds. The Morgan fingerprint density at radius 2 is 1.88 bits per heavy atom. The van der Waals surface area contributed by atoms with Crippen LogP contribution < -0.4 is 15.8 Å². The van der Waals surface area contributed by atoms with Gasteiger partial charge in [-0.05, 0) is 37.1 Å². The number of aliphatic imine (C=N–C) groups is 1. The van der Waals surface area contributed by atoms with Crippen LogP contribution in [0, 0.1) is 0 Å². The molecule has 0 bridgehead atoms. The van der Waals surface area contributed by atoms with Crippen molar-refractivity contribution in [2.45, 2.75) is 31.3 Å². The van der Waals surface area contributed by atoms with E-state index >= 15 is 0 Å². The van der Waals surface area contributed by atoms with Gasteiger partial charge in [0.1, 0.15) is 0 Å². The molecule has 4 N–H and O–H groups in total. The van der Waals surface area contributed by atoms with E-state index in [0.717, 1.165) is 17.7 Å². The topological polar surface area (TPSA) is 96.6 Å². The fourth-order valence-corrected chi connectivity index (χ4v) is 2.93. The van der Waals surface area contributed by atoms with Gasteiger partial charge in [0.25, 0.3) is 0 Å². The van der Waals surface area contributed by atoms with E-state index in [2.05, 4.69) is 34.7 Å². The van der Waals surface area contributed by atoms with Crippen molar-refractivity contribution in [3.8, 4) is 0 Å². The minimum Gasteiger partial charge on any atom is -0.357 e. The van der Waals surface area contributed by atoms with Gasteiger partial charge >= 0.3 is 0 Å². The molecule has 0 radical (unpaired) electrons. The number of sulfonamides is 1. The summed E-state index contributed by atoms with van der Waals surface area (Å²) in [7, 11) is -3.71. The van der Waals surface area contributed by atoms with Gasteiger partial charge in [0.2, 0.25) is 10.0 Å². The van der Waals surface area contributed by atoms with Crippen LogP contribution in [0.5, 0.6) is 0 Å². The molecule has 0 aliphatic heterocycles. The van der Waals surface area contributed by atoms with Gasteiger partial charge in [0.05, 0.1) is 17.5 Å². The maximum absolute atomic E-state index is 11.4. The maximum atomic E-state index is 11.4. The van der Waals surface area contributed by atoms with Crippen molar-refractivity contribution in [3.05, 3.63) is 65.7 Å². The minimum absolute atomic E-state index is 0.0924. The van der Waals surface area contributed by atoms with Crippen molar-refractivity contribution in [2.75, 3.05) is 6.54 Å². The summed E-state index contributed by atoms with van der Waals surface area (Å²) in [4.78, 5) is 4.62. The Morgan fingerprint density at radius 1 is 1.16 bits per heavy atom. The molecule has 0 spiro atoms. The largest absolute Gasteiger partial charge is 0.357 e. The zero-order chi connectivity index (χ0) is 18.3. The second-order valence-corrected chi connectivity index (χ2v) is 7.23. The van der Waals surface area contributed by atoms with Crippen molar-refractivity contribution in [1.82, 2.24) is 10.6 Å². The Morgan fingerprint density at radius 3 is 2.52 bits per heavy atom. The number of nitrogens with zero attached hydrogens (tertiary/aromatic N) is 1. The second kappa shape index (κ2) is 8.64. The molecule has 25 heavy (non-hydrogen) atoms. The first-order valence-electron chi connectivity index (χ1n) is 8.11. The van der Waals surface area contributed by atoms with Crippen LogP contribution in [0.1, 0.15) is 31.0 Å². The monoisotopic (exact) mass is 360 g/mol. The third-order valence-electron chi connectivity index (χ3n) is 3.64. The van der Waals surface area contributed by atoms with Crippen LogP contribution in [0.2, 0.25) is 0 Å². The van der Waals surface area contributed by atoms with Crippen molar-refractivity contribution in [2.24, 2.45) is 10.1 Å². The highest BCUT2D eigenvalue weighted by atomic mass is 32.2. The molecule has 7 heteroatoms. The molecule has 0 aliphatic carbocycles. The summed E-state index contributed by atoms with van der Waals surface area (Å²) >= 11 is 0. The van der Waals surface area contributed by atoms with Crippen LogP contribution in [-0.2, 0) is 16.6 Å². The average Bonchev–Trinajstić information content (AvgIpc) is 2.60. The molecule has 6 nitrogen and oxygen atoms in total. The molecule has 0 aromatic heterocycles. The number of primary sulfonamides is 1. The summed E-state index contributed by atoms with van der Waals surface area (Å²) in [6, 6.07) is 16.7. The van der Waals surface area contributed by atoms with E-state index in [4.69, 9.17) is 5.14 Å². The fourth-order valence-electron chi connectivity index (χ4n) is 2.34. The summed E-state index contributed by atoms with van der Waals surface area (Å²) < 4.78 is 22.9. The van der Waals surface area contributed by atoms with E-state index in [-0.39, 0.29) is 10.9 Å². The van der Waals surface area contributed by atoms with Gasteiger partial charge in [-0.25, -0.2) is 18.5 Å². The summed E-state index contributed by atoms with van der Waals surface area (Å²) in [6.45, 7) is 5.13. The average molecular weight is 360 g/mol. The van der Waals surface area contributed by atoms with Crippen molar-refractivity contribution in [3.63, 3.8) is 0 Å². The van der Waals surface area contributed by atoms with Crippen molar-refractivity contribution < 1.29 is 8.42 Å². The quantitative estimate of drug-likeness (QED) is 0.543. The first kappa shape index (κ1) is 19.0. The number of rotatable bonds is 6. The van der Waals surface area contributed by atoms with Gasteiger partial charge in [-0.15, -0.1) is 0 Å². The van der Waals surface area contributed by atoms with E-state index in [9.17, 15) is 8.42 Å². The molecule has 0 saturated carbocycles. The van der Waals surface area contributed by atoms with E-state index in [1.807, 2.05) is 31.2 Å². The number of benzene rings is 2. The Kier molecular flexibility index (Phi) is 6.55. The van der Waals surface area contributed by atoms with Crippen LogP contribution in [0.15, 0.2) is 64.5 Å². The molecule has 2 rings (SSSR count). The van der Waals surface area contributed by atoms with Crippen LogP contribution in [0.3, 0.4) is 0 Å². The summed E-state index contributed by atoms with van der Waals surface area (Å²) in [5.41, 5.74) is 1.93. The number of guanidine groups is 1. The second-order valence-electron chi connectivity index (χ2n) is 5.66. The lowest BCUT2D eigenvalue weighted by atomic mass is 10.1. The molecule has 1 unspecified atom stereocenters. The summed E-state index contributed by atoms with van der Waals surface area (Å²) in [6.07, 6.45) is 0. The zero-order valence-electron chi connectivity index (χ0n) is 14.4. The van der Waals surface area contributed by atoms with Gasteiger partial charge in [-0.2, -0.15) is 0 Å². The van der Waals surface area contributed by atoms with E-state index in [0.29, 0.717) is 12.5 Å². The maximum Gasteiger partial charge on any atom is 0.238 e. The van der Waals surface area contributed by atoms with E-state index in [1.54, 1.807) is 12.1 Å². The molecule has 2 aromatic rings. The van der Waals surface area contributed by atoms with Gasteiger partial charge < -0.3 is 10.6 Å². The zero-order valence-corrected chi connectivity index (χ0v) is 15.3. The van der Waals surface area contributed by atoms with E-state index in [1.165, 1.54) is 6.07 Å². The third-order valence-corrected chi connectivity index (χ3v) is 4.55. The van der Waals surface area contributed by atoms with Crippen LogP contribution >= 0.6 is 0 Å². The SMILES string of the molecule is CCNC(=NCc1cccc(S(N)(=O)=O)c1)NC(C)c1ccccc1. The van der Waals surface area contributed by atoms with Gasteiger partial charge in [-0.1, -0.05) is 42.5 Å². The Labute approximate surface area is 149 Å². The molecule has 1 atom stereocenters. The van der Waals surface area contributed by atoms with Gasteiger partial charge in [-0.3, -0.25) is 0 Å². The lowest BCUT2D eigenvalue weighted by Crippen LogP contribution is -2.38. The molecule has 0 fully saturated rings. The molecule has 0 aliphatic rings. The minimum atomic E-state index is -3.71.